The molecule has 3 nitrogen and oxygen atoms in total. The first-order valence-corrected chi connectivity index (χ1v) is 16.9. The van der Waals surface area contributed by atoms with Crippen molar-refractivity contribution in [2.75, 3.05) is 0 Å². The second-order valence-corrected chi connectivity index (χ2v) is 14.0. The largest absolute Gasteiger partial charge is 0.309 e. The van der Waals surface area contributed by atoms with Crippen LogP contribution in [0, 0.1) is 0 Å². The van der Waals surface area contributed by atoms with Gasteiger partial charge in [0.2, 0.25) is 0 Å². The van der Waals surface area contributed by atoms with Gasteiger partial charge in [-0.2, -0.15) is 0 Å². The molecular weight excluding hydrogens is 591 g/mol. The first-order valence-electron chi connectivity index (χ1n) is 16.1. The van der Waals surface area contributed by atoms with Crippen molar-refractivity contribution < 1.29 is 0 Å². The second-order valence-electron chi connectivity index (χ2n) is 13.0. The number of rotatable bonds is 3. The van der Waals surface area contributed by atoms with E-state index in [9.17, 15) is 0 Å². The number of fused-ring (bicyclic) bond motifs is 10. The highest BCUT2D eigenvalue weighted by Gasteiger charge is 2.38. The summed E-state index contributed by atoms with van der Waals surface area (Å²) in [7, 11) is 0. The zero-order chi connectivity index (χ0) is 31.3. The second kappa shape index (κ2) is 9.71. The van der Waals surface area contributed by atoms with Crippen molar-refractivity contribution in [2.45, 2.75) is 19.3 Å². The lowest BCUT2D eigenvalue weighted by atomic mass is 9.80. The molecule has 1 aliphatic rings. The Labute approximate surface area is 276 Å². The van der Waals surface area contributed by atoms with Crippen LogP contribution in [-0.4, -0.2) is 14.5 Å². The molecule has 0 radical (unpaired) electrons. The summed E-state index contributed by atoms with van der Waals surface area (Å²) in [5, 5.41) is 3.80. The highest BCUT2D eigenvalue weighted by molar-refractivity contribution is 7.26. The molecule has 0 atom stereocenters. The molecule has 0 saturated carbocycles. The fourth-order valence-corrected chi connectivity index (χ4v) is 9.07. The minimum atomic E-state index is -0.0984. The number of nitrogens with zero attached hydrogens (tertiary/aromatic N) is 3. The number of para-hydroxylation sites is 1. The van der Waals surface area contributed by atoms with Crippen LogP contribution in [0.5, 0.6) is 0 Å². The normalized spacial score (nSPS) is 13.5. The molecule has 3 heterocycles. The van der Waals surface area contributed by atoms with Crippen molar-refractivity contribution in [3.63, 3.8) is 0 Å². The first-order chi connectivity index (χ1) is 23.1. The van der Waals surface area contributed by atoms with E-state index in [2.05, 4.69) is 140 Å². The molecule has 0 fully saturated rings. The topological polar surface area (TPSA) is 30.7 Å². The lowest BCUT2D eigenvalue weighted by Crippen LogP contribution is -2.15. The van der Waals surface area contributed by atoms with Gasteiger partial charge in [-0.1, -0.05) is 123 Å². The van der Waals surface area contributed by atoms with Crippen LogP contribution >= 0.6 is 11.3 Å². The maximum absolute atomic E-state index is 5.18. The van der Waals surface area contributed by atoms with Gasteiger partial charge in [0.05, 0.1) is 26.9 Å². The van der Waals surface area contributed by atoms with Gasteiger partial charge in [0.25, 0.3) is 0 Å². The van der Waals surface area contributed by atoms with Crippen molar-refractivity contribution in [1.29, 1.82) is 0 Å². The fraction of sp³-hybridized carbons (Fsp3) is 0.0698. The van der Waals surface area contributed by atoms with Gasteiger partial charge in [-0.3, -0.25) is 0 Å². The summed E-state index contributed by atoms with van der Waals surface area (Å²) in [6.45, 7) is 4.75. The summed E-state index contributed by atoms with van der Waals surface area (Å²) in [6.07, 6.45) is 0. The van der Waals surface area contributed by atoms with E-state index in [1.54, 1.807) is 11.3 Å². The molecule has 1 aliphatic carbocycles. The van der Waals surface area contributed by atoms with E-state index >= 15 is 0 Å². The molecule has 0 spiro atoms. The SMILES string of the molecule is CC1(C)c2ccccc2-c2ccc3c(c21)c1ccccc1n3-c1ccc2c(c1)sc1c(-c3ccccc3)nc(-c3ccccc3)nc12. The Morgan fingerprint density at radius 1 is 0.596 bits per heavy atom. The van der Waals surface area contributed by atoms with Crippen LogP contribution in [0.3, 0.4) is 0 Å². The van der Waals surface area contributed by atoms with E-state index in [0.29, 0.717) is 0 Å². The van der Waals surface area contributed by atoms with Crippen LogP contribution in [0.4, 0.5) is 0 Å². The van der Waals surface area contributed by atoms with Gasteiger partial charge in [0.15, 0.2) is 5.82 Å². The summed E-state index contributed by atoms with van der Waals surface area (Å²) < 4.78 is 4.77. The van der Waals surface area contributed by atoms with Gasteiger partial charge in [0, 0.05) is 43.1 Å². The maximum Gasteiger partial charge on any atom is 0.160 e. The summed E-state index contributed by atoms with van der Waals surface area (Å²) >= 11 is 1.78. The van der Waals surface area contributed by atoms with Gasteiger partial charge in [-0.15, -0.1) is 11.3 Å². The molecule has 0 bridgehead atoms. The van der Waals surface area contributed by atoms with Crippen LogP contribution in [0.15, 0.2) is 140 Å². The van der Waals surface area contributed by atoms with Crippen molar-refractivity contribution >= 4 is 53.4 Å². The van der Waals surface area contributed by atoms with Crippen LogP contribution < -0.4 is 0 Å². The van der Waals surface area contributed by atoms with E-state index < -0.39 is 0 Å². The van der Waals surface area contributed by atoms with Gasteiger partial charge in [-0.25, -0.2) is 9.97 Å². The molecule has 0 saturated heterocycles. The smallest absolute Gasteiger partial charge is 0.160 e. The summed E-state index contributed by atoms with van der Waals surface area (Å²) in [6, 6.07) is 50.1. The van der Waals surface area contributed by atoms with E-state index in [0.717, 1.165) is 43.9 Å². The van der Waals surface area contributed by atoms with Gasteiger partial charge >= 0.3 is 0 Å². The predicted molar refractivity (Wildman–Crippen MR) is 198 cm³/mol. The quantitative estimate of drug-likeness (QED) is 0.197. The zero-order valence-electron chi connectivity index (χ0n) is 26.0. The van der Waals surface area contributed by atoms with Crippen LogP contribution in [-0.2, 0) is 5.41 Å². The average Bonchev–Trinajstić information content (AvgIpc) is 3.74. The van der Waals surface area contributed by atoms with Crippen LogP contribution in [0.1, 0.15) is 25.0 Å². The highest BCUT2D eigenvalue weighted by Crippen LogP contribution is 2.53. The number of aromatic nitrogens is 3. The van der Waals surface area contributed by atoms with Crippen molar-refractivity contribution in [1.82, 2.24) is 14.5 Å². The Morgan fingerprint density at radius 3 is 2.15 bits per heavy atom. The number of benzene rings is 6. The third-order valence-electron chi connectivity index (χ3n) is 9.99. The molecule has 0 unspecified atom stereocenters. The Hall–Kier alpha value is -5.58. The molecule has 6 aromatic carbocycles. The van der Waals surface area contributed by atoms with Crippen molar-refractivity contribution in [3.05, 3.63) is 151 Å². The van der Waals surface area contributed by atoms with Crippen molar-refractivity contribution in [3.8, 4) is 39.5 Å². The summed E-state index contributed by atoms with van der Waals surface area (Å²) in [4.78, 5) is 10.3. The van der Waals surface area contributed by atoms with Crippen LogP contribution in [0.2, 0.25) is 0 Å². The van der Waals surface area contributed by atoms with Gasteiger partial charge < -0.3 is 4.57 Å². The lowest BCUT2D eigenvalue weighted by Gasteiger charge is -2.22. The Bertz CT molecular complexity index is 2700. The van der Waals surface area contributed by atoms with E-state index in [1.807, 2.05) is 18.2 Å². The maximum atomic E-state index is 5.18. The number of hydrogen-bond donors (Lipinski definition) is 0. The van der Waals surface area contributed by atoms with Crippen molar-refractivity contribution in [2.24, 2.45) is 0 Å². The van der Waals surface area contributed by atoms with Crippen LogP contribution in [0.25, 0.3) is 81.6 Å². The number of thiophene rings is 1. The summed E-state index contributed by atoms with van der Waals surface area (Å²) in [5.41, 5.74) is 13.1. The third-order valence-corrected chi connectivity index (χ3v) is 11.1. The molecule has 0 N–H and O–H groups in total. The predicted octanol–water partition coefficient (Wildman–Crippen LogP) is 11.6. The fourth-order valence-electron chi connectivity index (χ4n) is 7.89. The third kappa shape index (κ3) is 3.73. The van der Waals surface area contributed by atoms with Gasteiger partial charge in [-0.05, 0) is 52.6 Å². The Balaban J connectivity index is 1.24. The van der Waals surface area contributed by atoms with E-state index in [1.165, 1.54) is 48.8 Å². The Kier molecular flexibility index (Phi) is 5.50. The zero-order valence-corrected chi connectivity index (χ0v) is 26.8. The average molecular weight is 620 g/mol. The van der Waals surface area contributed by atoms with Gasteiger partial charge in [0.1, 0.15) is 0 Å². The molecule has 4 heteroatoms. The monoisotopic (exact) mass is 619 g/mol. The molecule has 0 aliphatic heterocycles. The molecule has 222 valence electrons. The highest BCUT2D eigenvalue weighted by atomic mass is 32.1. The molecule has 47 heavy (non-hydrogen) atoms. The molecule has 10 rings (SSSR count). The minimum Gasteiger partial charge on any atom is -0.309 e. The minimum absolute atomic E-state index is 0.0984. The van der Waals surface area contributed by atoms with E-state index in [4.69, 9.17) is 9.97 Å². The molecule has 0 amide bonds. The van der Waals surface area contributed by atoms with E-state index in [-0.39, 0.29) is 5.41 Å². The lowest BCUT2D eigenvalue weighted by molar-refractivity contribution is 0.666. The molecule has 9 aromatic rings. The Morgan fingerprint density at radius 2 is 1.32 bits per heavy atom. The number of hydrogen-bond acceptors (Lipinski definition) is 3. The first kappa shape index (κ1) is 26.6. The standard InChI is InChI=1S/C43H29N3S/c1-43(2)33-19-11-9-17-29(33)30-23-24-35-37(38(30)43)31-18-10-12-20-34(31)46(35)28-21-22-32-36(25-28)47-41-39(26-13-5-3-6-14-26)44-42(45-40(32)41)27-15-7-4-8-16-27/h3-25H,1-2H3. The summed E-state index contributed by atoms with van der Waals surface area (Å²) in [5.74, 6) is 0.751. The molecule has 3 aromatic heterocycles. The molecular formula is C43H29N3S.